The number of halogens is 3. The molecule has 1 amide bonds. The second-order valence-corrected chi connectivity index (χ2v) is 7.61. The Balaban J connectivity index is 0.00000225. The van der Waals surface area contributed by atoms with Gasteiger partial charge in [-0.3, -0.25) is 4.79 Å². The van der Waals surface area contributed by atoms with E-state index in [9.17, 15) is 4.79 Å². The molecule has 0 bridgehead atoms. The Hall–Kier alpha value is -1.00. The lowest BCUT2D eigenvalue weighted by Crippen LogP contribution is -2.48. The molecule has 1 N–H and O–H groups in total. The molecule has 1 saturated heterocycles. The third-order valence-corrected chi connectivity index (χ3v) is 5.26. The fraction of sp³-hybridized carbons (Fsp3) is 0.421. The van der Waals surface area contributed by atoms with Gasteiger partial charge >= 0.3 is 0 Å². The van der Waals surface area contributed by atoms with Crippen molar-refractivity contribution in [2.24, 2.45) is 0 Å². The van der Waals surface area contributed by atoms with Crippen molar-refractivity contribution in [3.8, 4) is 0 Å². The van der Waals surface area contributed by atoms with E-state index in [4.69, 9.17) is 23.2 Å². The molecule has 1 aromatic carbocycles. The molecule has 25 heavy (non-hydrogen) atoms. The van der Waals surface area contributed by atoms with E-state index in [2.05, 4.69) is 5.32 Å². The van der Waals surface area contributed by atoms with Crippen molar-refractivity contribution in [2.75, 3.05) is 18.0 Å². The van der Waals surface area contributed by atoms with E-state index in [-0.39, 0.29) is 24.4 Å². The average molecular weight is 402 g/mol. The van der Waals surface area contributed by atoms with Crippen LogP contribution in [0.5, 0.6) is 0 Å². The number of amides is 1. The van der Waals surface area contributed by atoms with Crippen LogP contribution in [0.4, 0.5) is 5.69 Å². The van der Waals surface area contributed by atoms with Gasteiger partial charge in [-0.2, -0.15) is 0 Å². The SMILES string of the molecule is Cl.O=C(CC1(Cl)C=CC=CC1)N(c1ccc(Cl)cc1)C1CCNCC1. The molecule has 1 heterocycles. The Kier molecular flexibility index (Phi) is 7.38. The number of carbonyl (C=O) groups is 1. The van der Waals surface area contributed by atoms with Crippen molar-refractivity contribution >= 4 is 47.2 Å². The summed E-state index contributed by atoms with van der Waals surface area (Å²) >= 11 is 12.7. The number of rotatable bonds is 4. The number of alkyl halides is 1. The van der Waals surface area contributed by atoms with E-state index in [0.29, 0.717) is 17.9 Å². The van der Waals surface area contributed by atoms with Crippen LogP contribution in [-0.4, -0.2) is 29.9 Å². The molecule has 1 unspecified atom stereocenters. The summed E-state index contributed by atoms with van der Waals surface area (Å²) in [6, 6.07) is 7.69. The number of nitrogens with one attached hydrogen (secondary N) is 1. The molecule has 6 heteroatoms. The molecule has 1 atom stereocenters. The number of piperidine rings is 1. The first-order valence-corrected chi connectivity index (χ1v) is 9.15. The van der Waals surface area contributed by atoms with Crippen LogP contribution in [0.2, 0.25) is 5.02 Å². The molecule has 0 aromatic heterocycles. The minimum Gasteiger partial charge on any atom is -0.317 e. The Morgan fingerprint density at radius 1 is 1.20 bits per heavy atom. The van der Waals surface area contributed by atoms with E-state index in [1.807, 2.05) is 53.5 Å². The minimum atomic E-state index is -0.622. The molecule has 1 fully saturated rings. The van der Waals surface area contributed by atoms with Crippen LogP contribution in [0.25, 0.3) is 0 Å². The van der Waals surface area contributed by atoms with Gasteiger partial charge in [0.15, 0.2) is 0 Å². The highest BCUT2D eigenvalue weighted by atomic mass is 35.5. The normalized spacial score (nSPS) is 23.1. The summed E-state index contributed by atoms with van der Waals surface area (Å²) in [5, 5.41) is 4.02. The third kappa shape index (κ3) is 5.24. The van der Waals surface area contributed by atoms with Crippen molar-refractivity contribution in [2.45, 2.75) is 36.6 Å². The number of hydrogen-bond donors (Lipinski definition) is 1. The van der Waals surface area contributed by atoms with Gasteiger partial charge < -0.3 is 10.2 Å². The zero-order valence-corrected chi connectivity index (χ0v) is 16.3. The highest BCUT2D eigenvalue weighted by Gasteiger charge is 2.33. The Morgan fingerprint density at radius 2 is 1.88 bits per heavy atom. The summed E-state index contributed by atoms with van der Waals surface area (Å²) < 4.78 is 0. The van der Waals surface area contributed by atoms with E-state index < -0.39 is 4.87 Å². The van der Waals surface area contributed by atoms with Gasteiger partial charge in [-0.1, -0.05) is 35.9 Å². The van der Waals surface area contributed by atoms with Crippen LogP contribution in [-0.2, 0) is 4.79 Å². The number of hydrogen-bond acceptors (Lipinski definition) is 2. The highest BCUT2D eigenvalue weighted by molar-refractivity contribution is 6.30. The standard InChI is InChI=1S/C19H22Cl2N2O.ClH/c20-15-4-6-16(7-5-15)23(17-8-12-22-13-9-17)18(24)14-19(21)10-2-1-3-11-19;/h1-7,10,17,22H,8-9,11-14H2;1H. The first kappa shape index (κ1) is 20.3. The number of nitrogens with zero attached hydrogens (tertiary/aromatic N) is 1. The monoisotopic (exact) mass is 400 g/mol. The first-order chi connectivity index (χ1) is 11.6. The molecule has 1 aliphatic heterocycles. The molecule has 136 valence electrons. The maximum atomic E-state index is 13.1. The average Bonchev–Trinajstić information content (AvgIpc) is 2.58. The van der Waals surface area contributed by atoms with E-state index >= 15 is 0 Å². The molecule has 0 saturated carbocycles. The van der Waals surface area contributed by atoms with Crippen LogP contribution in [0.3, 0.4) is 0 Å². The number of benzene rings is 1. The Morgan fingerprint density at radius 3 is 2.48 bits per heavy atom. The van der Waals surface area contributed by atoms with Gasteiger partial charge in [0.2, 0.25) is 5.91 Å². The van der Waals surface area contributed by atoms with Crippen molar-refractivity contribution in [1.29, 1.82) is 0 Å². The molecule has 0 spiro atoms. The van der Waals surface area contributed by atoms with Crippen LogP contribution in [0.15, 0.2) is 48.6 Å². The van der Waals surface area contributed by atoms with E-state index in [1.165, 1.54) is 0 Å². The van der Waals surface area contributed by atoms with E-state index in [0.717, 1.165) is 31.6 Å². The van der Waals surface area contributed by atoms with Gasteiger partial charge in [0, 0.05) is 16.8 Å². The third-order valence-electron chi connectivity index (χ3n) is 4.59. The summed E-state index contributed by atoms with van der Waals surface area (Å²) in [4.78, 5) is 14.4. The van der Waals surface area contributed by atoms with Crippen molar-refractivity contribution in [1.82, 2.24) is 5.32 Å². The molecule has 3 rings (SSSR count). The summed E-state index contributed by atoms with van der Waals surface area (Å²) in [5.41, 5.74) is 0.895. The Labute approximate surface area is 165 Å². The minimum absolute atomic E-state index is 0. The maximum absolute atomic E-state index is 13.1. The quantitative estimate of drug-likeness (QED) is 0.740. The summed E-state index contributed by atoms with van der Waals surface area (Å²) in [7, 11) is 0. The lowest BCUT2D eigenvalue weighted by molar-refractivity contribution is -0.119. The molecular weight excluding hydrogens is 379 g/mol. The molecule has 1 aromatic rings. The topological polar surface area (TPSA) is 32.3 Å². The van der Waals surface area contributed by atoms with Crippen molar-refractivity contribution < 1.29 is 4.79 Å². The predicted molar refractivity (Wildman–Crippen MR) is 108 cm³/mol. The second kappa shape index (κ2) is 9.09. The smallest absolute Gasteiger partial charge is 0.229 e. The van der Waals surface area contributed by atoms with Crippen molar-refractivity contribution in [3.63, 3.8) is 0 Å². The second-order valence-electron chi connectivity index (χ2n) is 6.42. The fourth-order valence-electron chi connectivity index (χ4n) is 3.33. The predicted octanol–water partition coefficient (Wildman–Crippen LogP) is 4.73. The highest BCUT2D eigenvalue weighted by Crippen LogP contribution is 2.32. The van der Waals surface area contributed by atoms with Gasteiger partial charge in [-0.15, -0.1) is 24.0 Å². The summed E-state index contributed by atoms with van der Waals surface area (Å²) in [6.45, 7) is 1.85. The van der Waals surface area contributed by atoms with Crippen LogP contribution < -0.4 is 10.2 Å². The maximum Gasteiger partial charge on any atom is 0.229 e. The number of anilines is 1. The molecule has 2 aliphatic rings. The molecule has 3 nitrogen and oxygen atoms in total. The molecule has 1 aliphatic carbocycles. The van der Waals surface area contributed by atoms with Crippen LogP contribution in [0.1, 0.15) is 25.7 Å². The molecule has 0 radical (unpaired) electrons. The number of carbonyl (C=O) groups excluding carboxylic acids is 1. The van der Waals surface area contributed by atoms with Crippen LogP contribution >= 0.6 is 35.6 Å². The molecular formula is C19H23Cl3N2O. The largest absolute Gasteiger partial charge is 0.317 e. The first-order valence-electron chi connectivity index (χ1n) is 8.39. The fourth-order valence-corrected chi connectivity index (χ4v) is 3.73. The van der Waals surface area contributed by atoms with Gasteiger partial charge in [-0.25, -0.2) is 0 Å². The van der Waals surface area contributed by atoms with Gasteiger partial charge in [0.05, 0.1) is 11.3 Å². The summed E-state index contributed by atoms with van der Waals surface area (Å²) in [5.74, 6) is 0.0687. The zero-order chi connectivity index (χ0) is 17.0. The van der Waals surface area contributed by atoms with Gasteiger partial charge in [-0.05, 0) is 56.6 Å². The van der Waals surface area contributed by atoms with Crippen molar-refractivity contribution in [3.05, 3.63) is 53.6 Å². The lowest BCUT2D eigenvalue weighted by atomic mass is 9.94. The van der Waals surface area contributed by atoms with E-state index in [1.54, 1.807) is 0 Å². The van der Waals surface area contributed by atoms with Gasteiger partial charge in [0.25, 0.3) is 0 Å². The lowest BCUT2D eigenvalue weighted by Gasteiger charge is -2.36. The van der Waals surface area contributed by atoms with Gasteiger partial charge in [0.1, 0.15) is 0 Å². The number of allylic oxidation sites excluding steroid dienone is 4. The Bertz CT molecular complexity index is 639. The zero-order valence-electron chi connectivity index (χ0n) is 14.0. The van der Waals surface area contributed by atoms with Crippen LogP contribution in [0, 0.1) is 0 Å². The summed E-state index contributed by atoms with van der Waals surface area (Å²) in [6.07, 6.45) is 10.7.